The summed E-state index contributed by atoms with van der Waals surface area (Å²) in [6.07, 6.45) is 0. The Hall–Kier alpha value is -3.19. The largest absolute Gasteiger partial charge is 0.242 e. The van der Waals surface area contributed by atoms with E-state index in [1.807, 2.05) is 0 Å². The fourth-order valence-electron chi connectivity index (χ4n) is 3.96. The van der Waals surface area contributed by atoms with Crippen LogP contribution in [0, 0.1) is 22.9 Å². The third-order valence-corrected chi connectivity index (χ3v) is 7.13. The monoisotopic (exact) mass is 446 g/mol. The van der Waals surface area contributed by atoms with Crippen LogP contribution in [0.3, 0.4) is 0 Å². The van der Waals surface area contributed by atoms with E-state index >= 15 is 0 Å². The second kappa shape index (κ2) is 7.17. The van der Waals surface area contributed by atoms with Crippen molar-refractivity contribution in [2.75, 3.05) is 0 Å². The van der Waals surface area contributed by atoms with Gasteiger partial charge in [-0.25, -0.2) is 9.97 Å². The van der Waals surface area contributed by atoms with Gasteiger partial charge in [-0.3, -0.25) is 0 Å². The average molecular weight is 447 g/mol. The zero-order chi connectivity index (χ0) is 22.7. The lowest BCUT2D eigenvalue weighted by molar-refractivity contribution is 1.31. The highest BCUT2D eigenvalue weighted by molar-refractivity contribution is 6.84. The van der Waals surface area contributed by atoms with E-state index in [4.69, 9.17) is 9.97 Å². The molecular formula is C28H26N2Si2. The third-order valence-electron chi connectivity index (χ3n) is 5.38. The van der Waals surface area contributed by atoms with Crippen LogP contribution in [0.15, 0.2) is 48.5 Å². The third kappa shape index (κ3) is 3.67. The summed E-state index contributed by atoms with van der Waals surface area (Å²) in [5, 5.41) is 2.46. The lowest BCUT2D eigenvalue weighted by atomic mass is 10.0. The van der Waals surface area contributed by atoms with Gasteiger partial charge in [0.25, 0.3) is 0 Å². The molecule has 0 aliphatic heterocycles. The fourth-order valence-corrected chi connectivity index (χ4v) is 4.98. The van der Waals surface area contributed by atoms with Gasteiger partial charge in [-0.15, -0.1) is 11.1 Å². The first kappa shape index (κ1) is 20.7. The van der Waals surface area contributed by atoms with E-state index in [1.54, 1.807) is 0 Å². The lowest BCUT2D eigenvalue weighted by Crippen LogP contribution is -2.16. The van der Waals surface area contributed by atoms with Gasteiger partial charge in [-0.1, -0.05) is 87.5 Å². The molecule has 1 aliphatic rings. The van der Waals surface area contributed by atoms with Gasteiger partial charge < -0.3 is 0 Å². The van der Waals surface area contributed by atoms with E-state index in [0.717, 1.165) is 44.7 Å². The molecule has 5 rings (SSSR count). The Morgan fingerprint density at radius 1 is 0.594 bits per heavy atom. The normalized spacial score (nSPS) is 12.2. The highest BCUT2D eigenvalue weighted by Crippen LogP contribution is 2.45. The molecule has 32 heavy (non-hydrogen) atoms. The first-order valence-corrected chi connectivity index (χ1v) is 18.0. The Morgan fingerprint density at radius 2 is 1.03 bits per heavy atom. The second-order valence-corrected chi connectivity index (χ2v) is 20.0. The molecule has 0 atom stereocenters. The van der Waals surface area contributed by atoms with Crippen LogP contribution in [-0.4, -0.2) is 26.1 Å². The summed E-state index contributed by atoms with van der Waals surface area (Å²) < 4.78 is 0. The highest BCUT2D eigenvalue weighted by atomic mass is 28.3. The maximum absolute atomic E-state index is 5.20. The van der Waals surface area contributed by atoms with Crippen LogP contribution in [0.4, 0.5) is 0 Å². The van der Waals surface area contributed by atoms with Crippen molar-refractivity contribution in [1.29, 1.82) is 0 Å². The Morgan fingerprint density at radius 3 is 1.44 bits per heavy atom. The first-order valence-electron chi connectivity index (χ1n) is 11.0. The van der Waals surface area contributed by atoms with Crippen LogP contribution in [0.1, 0.15) is 11.1 Å². The molecule has 0 saturated heterocycles. The SMILES string of the molecule is C[Si](C)(C)C#Cc1ccc(C#C[Si](C)(C)C)c2nc3c(nc12)-c1cccc2cccc-3c12. The van der Waals surface area contributed by atoms with Crippen LogP contribution in [0.25, 0.3) is 44.3 Å². The van der Waals surface area contributed by atoms with Gasteiger partial charge in [-0.2, -0.15) is 0 Å². The predicted molar refractivity (Wildman–Crippen MR) is 142 cm³/mol. The van der Waals surface area contributed by atoms with E-state index in [0.29, 0.717) is 0 Å². The van der Waals surface area contributed by atoms with Crippen molar-refractivity contribution in [1.82, 2.24) is 9.97 Å². The Labute approximate surface area is 192 Å². The number of hydrogen-bond acceptors (Lipinski definition) is 2. The molecule has 0 saturated carbocycles. The Balaban J connectivity index is 1.85. The maximum atomic E-state index is 5.20. The highest BCUT2D eigenvalue weighted by Gasteiger charge is 2.25. The van der Waals surface area contributed by atoms with Crippen molar-refractivity contribution in [3.8, 4) is 45.4 Å². The van der Waals surface area contributed by atoms with Crippen LogP contribution in [0.2, 0.25) is 39.3 Å². The summed E-state index contributed by atoms with van der Waals surface area (Å²) in [6.45, 7) is 13.6. The summed E-state index contributed by atoms with van der Waals surface area (Å²) in [5.41, 5.74) is 14.8. The average Bonchev–Trinajstić information content (AvgIpc) is 3.04. The number of aromatic nitrogens is 2. The molecule has 0 amide bonds. The molecule has 1 heterocycles. The van der Waals surface area contributed by atoms with Gasteiger partial charge in [0, 0.05) is 16.5 Å². The summed E-state index contributed by atoms with van der Waals surface area (Å²) >= 11 is 0. The number of hydrogen-bond donors (Lipinski definition) is 0. The zero-order valence-electron chi connectivity index (χ0n) is 19.5. The molecule has 2 nitrogen and oxygen atoms in total. The van der Waals surface area contributed by atoms with E-state index in [2.05, 4.69) is 111 Å². The molecule has 0 radical (unpaired) electrons. The van der Waals surface area contributed by atoms with Gasteiger partial charge >= 0.3 is 0 Å². The Bertz CT molecular complexity index is 1430. The van der Waals surface area contributed by atoms with E-state index in [-0.39, 0.29) is 0 Å². The second-order valence-electron chi connectivity index (χ2n) is 10.5. The number of benzene rings is 3. The van der Waals surface area contributed by atoms with Gasteiger partial charge in [0.05, 0.1) is 22.5 Å². The molecule has 0 N–H and O–H groups in total. The topological polar surface area (TPSA) is 25.8 Å². The summed E-state index contributed by atoms with van der Waals surface area (Å²) in [7, 11) is -3.05. The minimum Gasteiger partial charge on any atom is -0.242 e. The maximum Gasteiger partial charge on any atom is 0.129 e. The van der Waals surface area contributed by atoms with Gasteiger partial charge in [0.15, 0.2) is 0 Å². The fraction of sp³-hybridized carbons (Fsp3) is 0.214. The van der Waals surface area contributed by atoms with E-state index in [9.17, 15) is 0 Å². The molecule has 0 unspecified atom stereocenters. The molecule has 156 valence electrons. The van der Waals surface area contributed by atoms with E-state index in [1.165, 1.54) is 10.8 Å². The molecule has 3 aromatic carbocycles. The number of nitrogens with zero attached hydrogens (tertiary/aromatic N) is 2. The minimum atomic E-state index is -1.52. The van der Waals surface area contributed by atoms with Gasteiger partial charge in [-0.05, 0) is 17.5 Å². The minimum absolute atomic E-state index is 0.863. The smallest absolute Gasteiger partial charge is 0.129 e. The van der Waals surface area contributed by atoms with Crippen molar-refractivity contribution in [3.05, 3.63) is 59.7 Å². The molecule has 4 heteroatoms. The molecule has 4 aromatic rings. The number of fused-ring (bicyclic) bond motifs is 4. The van der Waals surface area contributed by atoms with Crippen molar-refractivity contribution >= 4 is 38.0 Å². The predicted octanol–water partition coefficient (Wildman–Crippen LogP) is 6.89. The van der Waals surface area contributed by atoms with Gasteiger partial charge in [0.2, 0.25) is 0 Å². The standard InChI is InChI=1S/C28H26N2Si2/c1-31(2,3)17-15-20-13-14-21(16-18-32(4,5)6)26-25(20)29-27-22-11-7-9-19-10-8-12-23(24(19)22)28(27)30-26/h7-14H,1-6H3. The van der Waals surface area contributed by atoms with Crippen LogP contribution in [0.5, 0.6) is 0 Å². The number of rotatable bonds is 0. The molecule has 0 bridgehead atoms. The summed E-state index contributed by atoms with van der Waals surface area (Å²) in [6, 6.07) is 17.0. The Kier molecular flexibility index (Phi) is 4.64. The zero-order valence-corrected chi connectivity index (χ0v) is 21.5. The van der Waals surface area contributed by atoms with E-state index < -0.39 is 16.1 Å². The summed E-state index contributed by atoms with van der Waals surface area (Å²) in [4.78, 5) is 10.4. The molecule has 1 aliphatic carbocycles. The van der Waals surface area contributed by atoms with Crippen molar-refractivity contribution in [2.24, 2.45) is 0 Å². The quantitative estimate of drug-likeness (QED) is 0.191. The molecule has 1 aromatic heterocycles. The van der Waals surface area contributed by atoms with Crippen LogP contribution >= 0.6 is 0 Å². The van der Waals surface area contributed by atoms with Crippen molar-refractivity contribution in [2.45, 2.75) is 39.3 Å². The van der Waals surface area contributed by atoms with Crippen molar-refractivity contribution in [3.63, 3.8) is 0 Å². The lowest BCUT2D eigenvalue weighted by Gasteiger charge is -2.09. The summed E-state index contributed by atoms with van der Waals surface area (Å²) in [5.74, 6) is 6.87. The molecule has 0 fully saturated rings. The molecule has 0 spiro atoms. The van der Waals surface area contributed by atoms with Crippen LogP contribution in [-0.2, 0) is 0 Å². The van der Waals surface area contributed by atoms with Crippen molar-refractivity contribution < 1.29 is 0 Å². The van der Waals surface area contributed by atoms with Crippen LogP contribution < -0.4 is 0 Å². The molecular weight excluding hydrogens is 420 g/mol. The van der Waals surface area contributed by atoms with Gasteiger partial charge in [0.1, 0.15) is 27.2 Å². The first-order chi connectivity index (χ1) is 15.1.